The largest absolute Gasteiger partial charge is 0.481 e. The Kier molecular flexibility index (Phi) is 6.78. The average molecular weight is 345 g/mol. The Morgan fingerprint density at radius 2 is 2.10 bits per heavy atom. The summed E-state index contributed by atoms with van der Waals surface area (Å²) in [6, 6.07) is 1.75. The monoisotopic (exact) mass is 344 g/mol. The summed E-state index contributed by atoms with van der Waals surface area (Å²) in [5, 5.41) is 11.8. The number of aliphatic carboxylic acids is 1. The van der Waals surface area contributed by atoms with Crippen LogP contribution in [0.4, 0.5) is 0 Å². The normalized spacial score (nSPS) is 12.2. The van der Waals surface area contributed by atoms with E-state index in [1.54, 1.807) is 6.07 Å². The van der Waals surface area contributed by atoms with Crippen LogP contribution in [0.25, 0.3) is 0 Å². The first kappa shape index (κ1) is 16.8. The van der Waals surface area contributed by atoms with Gasteiger partial charge in [0.05, 0.1) is 5.92 Å². The van der Waals surface area contributed by atoms with Crippen LogP contribution in [0.3, 0.4) is 0 Å². The number of hydrogen-bond acceptors (Lipinski definition) is 2. The van der Waals surface area contributed by atoms with Crippen molar-refractivity contribution in [3.63, 3.8) is 0 Å². The van der Waals surface area contributed by atoms with E-state index in [2.05, 4.69) is 21.2 Å². The summed E-state index contributed by atoms with van der Waals surface area (Å²) in [5.41, 5.74) is 0.555. The molecule has 112 valence electrons. The number of hydrogen-bond donors (Lipinski definition) is 2. The van der Waals surface area contributed by atoms with E-state index in [9.17, 15) is 9.59 Å². The summed E-state index contributed by atoms with van der Waals surface area (Å²) in [6.45, 7) is 4.89. The molecule has 0 radical (unpaired) electrons. The van der Waals surface area contributed by atoms with Crippen molar-refractivity contribution >= 4 is 27.8 Å². The van der Waals surface area contributed by atoms with Gasteiger partial charge in [0.25, 0.3) is 5.91 Å². The zero-order valence-corrected chi connectivity index (χ0v) is 13.4. The summed E-state index contributed by atoms with van der Waals surface area (Å²) in [5.74, 6) is -1.62. The maximum atomic E-state index is 12.1. The predicted octanol–water partition coefficient (Wildman–Crippen LogP) is 2.89. The third-order valence-electron chi connectivity index (χ3n) is 3.06. The number of halogens is 1. The van der Waals surface area contributed by atoms with E-state index in [1.807, 2.05) is 24.6 Å². The topological polar surface area (TPSA) is 71.3 Å². The lowest BCUT2D eigenvalue weighted by atomic mass is 10.0. The van der Waals surface area contributed by atoms with Gasteiger partial charge in [-0.1, -0.05) is 20.3 Å². The van der Waals surface area contributed by atoms with Crippen molar-refractivity contribution in [1.82, 2.24) is 9.88 Å². The molecule has 6 heteroatoms. The van der Waals surface area contributed by atoms with Crippen molar-refractivity contribution in [1.29, 1.82) is 0 Å². The standard InChI is InChI=1S/C14H21BrN2O3/c1-3-5-10(14(19)20)8-16-13(18)12-7-11(15)9-17(12)6-4-2/h7,9-10H,3-6,8H2,1-2H3,(H,16,18)(H,19,20). The number of carboxylic acids is 1. The van der Waals surface area contributed by atoms with Gasteiger partial charge in [-0.3, -0.25) is 9.59 Å². The molecular formula is C14H21BrN2O3. The van der Waals surface area contributed by atoms with Crippen molar-refractivity contribution < 1.29 is 14.7 Å². The van der Waals surface area contributed by atoms with E-state index in [0.717, 1.165) is 23.9 Å². The van der Waals surface area contributed by atoms with Crippen LogP contribution in [0.15, 0.2) is 16.7 Å². The minimum absolute atomic E-state index is 0.164. The fourth-order valence-electron chi connectivity index (χ4n) is 2.06. The lowest BCUT2D eigenvalue weighted by molar-refractivity contribution is -0.141. The third kappa shape index (κ3) is 4.67. The van der Waals surface area contributed by atoms with Gasteiger partial charge in [-0.05, 0) is 34.8 Å². The van der Waals surface area contributed by atoms with Crippen LogP contribution in [-0.4, -0.2) is 28.1 Å². The van der Waals surface area contributed by atoms with Crippen molar-refractivity contribution in [2.75, 3.05) is 6.54 Å². The number of aromatic nitrogens is 1. The Labute approximate surface area is 127 Å². The molecule has 0 aliphatic rings. The maximum Gasteiger partial charge on any atom is 0.308 e. The molecule has 2 N–H and O–H groups in total. The van der Waals surface area contributed by atoms with Gasteiger partial charge in [-0.25, -0.2) is 0 Å². The lowest BCUT2D eigenvalue weighted by Crippen LogP contribution is -2.34. The minimum atomic E-state index is -0.864. The van der Waals surface area contributed by atoms with Gasteiger partial charge in [0.1, 0.15) is 5.69 Å². The number of rotatable bonds is 8. The number of amides is 1. The first-order chi connectivity index (χ1) is 9.49. The summed E-state index contributed by atoms with van der Waals surface area (Å²) >= 11 is 3.35. The van der Waals surface area contributed by atoms with Gasteiger partial charge in [0.2, 0.25) is 0 Å². The average Bonchev–Trinajstić information content (AvgIpc) is 2.75. The molecule has 1 rings (SSSR count). The highest BCUT2D eigenvalue weighted by atomic mass is 79.9. The van der Waals surface area contributed by atoms with Gasteiger partial charge in [0, 0.05) is 23.8 Å². The van der Waals surface area contributed by atoms with E-state index in [1.165, 1.54) is 0 Å². The van der Waals surface area contributed by atoms with E-state index < -0.39 is 11.9 Å². The van der Waals surface area contributed by atoms with E-state index in [4.69, 9.17) is 5.11 Å². The van der Waals surface area contributed by atoms with Crippen molar-refractivity contribution in [2.24, 2.45) is 5.92 Å². The third-order valence-corrected chi connectivity index (χ3v) is 3.49. The molecule has 0 saturated heterocycles. The highest BCUT2D eigenvalue weighted by molar-refractivity contribution is 9.10. The van der Waals surface area contributed by atoms with Gasteiger partial charge >= 0.3 is 5.97 Å². The number of carboxylic acid groups (broad SMARTS) is 1. The first-order valence-corrected chi connectivity index (χ1v) is 7.65. The molecule has 1 amide bonds. The van der Waals surface area contributed by atoms with Crippen molar-refractivity contribution in [2.45, 2.75) is 39.7 Å². The molecule has 1 unspecified atom stereocenters. The molecule has 0 fully saturated rings. The molecule has 0 bridgehead atoms. The van der Waals surface area contributed by atoms with Crippen LogP contribution >= 0.6 is 15.9 Å². The van der Waals surface area contributed by atoms with E-state index >= 15 is 0 Å². The number of nitrogens with one attached hydrogen (secondary N) is 1. The van der Waals surface area contributed by atoms with Crippen LogP contribution in [0, 0.1) is 5.92 Å². The van der Waals surface area contributed by atoms with Crippen LogP contribution in [-0.2, 0) is 11.3 Å². The second-order valence-corrected chi connectivity index (χ2v) is 5.69. The summed E-state index contributed by atoms with van der Waals surface area (Å²) in [4.78, 5) is 23.2. The van der Waals surface area contributed by atoms with Crippen LogP contribution in [0.2, 0.25) is 0 Å². The first-order valence-electron chi connectivity index (χ1n) is 6.86. The Bertz CT molecular complexity index is 471. The van der Waals surface area contributed by atoms with Gasteiger partial charge < -0.3 is 15.0 Å². The number of aryl methyl sites for hydroxylation is 1. The van der Waals surface area contributed by atoms with Gasteiger partial charge in [0.15, 0.2) is 0 Å². The quantitative estimate of drug-likeness (QED) is 0.761. The van der Waals surface area contributed by atoms with Gasteiger partial charge in [-0.15, -0.1) is 0 Å². The van der Waals surface area contributed by atoms with Crippen molar-refractivity contribution in [3.05, 3.63) is 22.4 Å². The number of carbonyl (C=O) groups excluding carboxylic acids is 1. The molecule has 1 aromatic rings. The molecule has 0 aromatic carbocycles. The smallest absolute Gasteiger partial charge is 0.308 e. The van der Waals surface area contributed by atoms with Crippen LogP contribution < -0.4 is 5.32 Å². The predicted molar refractivity (Wildman–Crippen MR) is 80.8 cm³/mol. The summed E-state index contributed by atoms with van der Waals surface area (Å²) in [7, 11) is 0. The fourth-order valence-corrected chi connectivity index (χ4v) is 2.52. The molecule has 0 aliphatic carbocycles. The second kappa shape index (κ2) is 8.09. The number of nitrogens with zero attached hydrogens (tertiary/aromatic N) is 1. The lowest BCUT2D eigenvalue weighted by Gasteiger charge is -2.13. The van der Waals surface area contributed by atoms with E-state index in [-0.39, 0.29) is 12.5 Å². The molecule has 20 heavy (non-hydrogen) atoms. The maximum absolute atomic E-state index is 12.1. The molecule has 0 saturated carbocycles. The Morgan fingerprint density at radius 1 is 1.40 bits per heavy atom. The highest BCUT2D eigenvalue weighted by Gasteiger charge is 2.19. The SMILES string of the molecule is CCCC(CNC(=O)c1cc(Br)cn1CCC)C(=O)O. The Morgan fingerprint density at radius 3 is 2.65 bits per heavy atom. The molecule has 1 atom stereocenters. The van der Waals surface area contributed by atoms with Gasteiger partial charge in [-0.2, -0.15) is 0 Å². The fraction of sp³-hybridized carbons (Fsp3) is 0.571. The zero-order valence-electron chi connectivity index (χ0n) is 11.9. The Hall–Kier alpha value is -1.30. The van der Waals surface area contributed by atoms with Crippen molar-refractivity contribution in [3.8, 4) is 0 Å². The van der Waals surface area contributed by atoms with Crippen LogP contribution in [0.5, 0.6) is 0 Å². The zero-order chi connectivity index (χ0) is 15.1. The molecule has 0 aliphatic heterocycles. The van der Waals surface area contributed by atoms with E-state index in [0.29, 0.717) is 12.1 Å². The Balaban J connectivity index is 2.68. The molecule has 1 aromatic heterocycles. The summed E-state index contributed by atoms with van der Waals surface area (Å²) < 4.78 is 2.72. The number of carbonyl (C=O) groups is 2. The van der Waals surface area contributed by atoms with Crippen LogP contribution in [0.1, 0.15) is 43.6 Å². The molecular weight excluding hydrogens is 324 g/mol. The molecule has 0 spiro atoms. The second-order valence-electron chi connectivity index (χ2n) is 4.77. The summed E-state index contributed by atoms with van der Waals surface area (Å²) in [6.07, 6.45) is 4.13. The molecule has 1 heterocycles. The highest BCUT2D eigenvalue weighted by Crippen LogP contribution is 2.16. The minimum Gasteiger partial charge on any atom is -0.481 e. The molecule has 5 nitrogen and oxygen atoms in total.